The zero-order valence-electron chi connectivity index (χ0n) is 12.3. The van der Waals surface area contributed by atoms with E-state index in [4.69, 9.17) is 33.5 Å². The molecule has 1 saturated heterocycles. The molecule has 0 aromatic heterocycles. The Morgan fingerprint density at radius 1 is 1.23 bits per heavy atom. The molecule has 1 aromatic rings. The number of rotatable bonds is 5. The third kappa shape index (κ3) is 5.09. The molecule has 0 unspecified atom stereocenters. The van der Waals surface area contributed by atoms with Crippen LogP contribution in [0.1, 0.15) is 12.8 Å². The molecule has 6 N–H and O–H groups in total. The largest absolute Gasteiger partial charge is 0.491 e. The van der Waals surface area contributed by atoms with E-state index in [0.29, 0.717) is 23.1 Å². The Hall–Kier alpha value is -1.99. The van der Waals surface area contributed by atoms with E-state index in [1.807, 2.05) is 0 Å². The average Bonchev–Trinajstić information content (AvgIpc) is 2.93. The summed E-state index contributed by atoms with van der Waals surface area (Å²) in [7, 11) is 0. The summed E-state index contributed by atoms with van der Waals surface area (Å²) in [4.78, 5) is 10.1. The van der Waals surface area contributed by atoms with Crippen LogP contribution >= 0.6 is 11.6 Å². The van der Waals surface area contributed by atoms with E-state index in [9.17, 15) is 0 Å². The number of halogens is 1. The van der Waals surface area contributed by atoms with E-state index in [2.05, 4.69) is 14.9 Å². The second-order valence-corrected chi connectivity index (χ2v) is 5.43. The van der Waals surface area contributed by atoms with Crippen LogP contribution in [0.25, 0.3) is 0 Å². The molecule has 1 aliphatic rings. The van der Waals surface area contributed by atoms with Gasteiger partial charge < -0.3 is 21.9 Å². The molecule has 1 heterocycles. The van der Waals surface area contributed by atoms with E-state index in [1.54, 1.807) is 18.2 Å². The first kappa shape index (κ1) is 16.4. The van der Waals surface area contributed by atoms with Gasteiger partial charge in [-0.2, -0.15) is 4.99 Å². The third-order valence-corrected chi connectivity index (χ3v) is 3.56. The van der Waals surface area contributed by atoms with E-state index in [0.717, 1.165) is 19.6 Å². The molecule has 0 amide bonds. The van der Waals surface area contributed by atoms with Gasteiger partial charge in [-0.1, -0.05) is 11.6 Å². The molecule has 7 nitrogen and oxygen atoms in total. The highest BCUT2D eigenvalue weighted by molar-refractivity contribution is 6.32. The molecule has 8 heteroatoms. The zero-order chi connectivity index (χ0) is 15.9. The summed E-state index contributed by atoms with van der Waals surface area (Å²) in [5.41, 5.74) is 16.6. The van der Waals surface area contributed by atoms with Gasteiger partial charge in [0, 0.05) is 6.54 Å². The SMILES string of the molecule is NC(N)=NC(N)=Nc1ccc(OCCN2CCCC2)c(Cl)c1. The van der Waals surface area contributed by atoms with Gasteiger partial charge >= 0.3 is 0 Å². The number of nitrogens with zero attached hydrogens (tertiary/aromatic N) is 3. The van der Waals surface area contributed by atoms with Crippen molar-refractivity contribution in [3.05, 3.63) is 23.2 Å². The van der Waals surface area contributed by atoms with E-state index in [1.165, 1.54) is 12.8 Å². The fourth-order valence-corrected chi connectivity index (χ4v) is 2.49. The number of guanidine groups is 2. The van der Waals surface area contributed by atoms with Crippen LogP contribution in [-0.4, -0.2) is 43.1 Å². The van der Waals surface area contributed by atoms with Gasteiger partial charge in [-0.05, 0) is 44.1 Å². The summed E-state index contributed by atoms with van der Waals surface area (Å²) in [5.74, 6) is 0.452. The maximum atomic E-state index is 6.18. The third-order valence-electron chi connectivity index (χ3n) is 3.27. The Kier molecular flexibility index (Phi) is 5.85. The normalized spacial score (nSPS) is 15.8. The lowest BCUT2D eigenvalue weighted by Crippen LogP contribution is -2.26. The van der Waals surface area contributed by atoms with Gasteiger partial charge in [0.15, 0.2) is 5.96 Å². The maximum Gasteiger partial charge on any atom is 0.223 e. The van der Waals surface area contributed by atoms with Gasteiger partial charge in [0.05, 0.1) is 10.7 Å². The fraction of sp³-hybridized carbons (Fsp3) is 0.429. The number of hydrogen-bond donors (Lipinski definition) is 3. The topological polar surface area (TPSA) is 115 Å². The van der Waals surface area contributed by atoms with Crippen molar-refractivity contribution in [3.8, 4) is 5.75 Å². The van der Waals surface area contributed by atoms with Crippen molar-refractivity contribution in [1.29, 1.82) is 0 Å². The summed E-state index contributed by atoms with van der Waals surface area (Å²) >= 11 is 6.18. The first-order valence-corrected chi connectivity index (χ1v) is 7.51. The van der Waals surface area contributed by atoms with Gasteiger partial charge in [0.2, 0.25) is 5.96 Å². The quantitative estimate of drug-likeness (QED) is 0.552. The molecule has 1 aliphatic heterocycles. The highest BCUT2D eigenvalue weighted by Gasteiger charge is 2.11. The van der Waals surface area contributed by atoms with Crippen LogP contribution < -0.4 is 21.9 Å². The molecular weight excluding hydrogens is 304 g/mol. The Morgan fingerprint density at radius 2 is 1.95 bits per heavy atom. The highest BCUT2D eigenvalue weighted by atomic mass is 35.5. The molecule has 2 rings (SSSR count). The lowest BCUT2D eigenvalue weighted by Gasteiger charge is -2.15. The Morgan fingerprint density at radius 3 is 2.59 bits per heavy atom. The van der Waals surface area contributed by atoms with Crippen LogP contribution in [0.5, 0.6) is 5.75 Å². The molecule has 0 spiro atoms. The summed E-state index contributed by atoms with van der Waals surface area (Å²) in [6.45, 7) is 3.82. The summed E-state index contributed by atoms with van der Waals surface area (Å²) in [5, 5.41) is 0.472. The number of likely N-dealkylation sites (tertiary alicyclic amines) is 1. The number of benzene rings is 1. The molecule has 0 aliphatic carbocycles. The predicted molar refractivity (Wildman–Crippen MR) is 89.7 cm³/mol. The van der Waals surface area contributed by atoms with Crippen LogP contribution in [0, 0.1) is 0 Å². The maximum absolute atomic E-state index is 6.18. The van der Waals surface area contributed by atoms with Gasteiger partial charge in [-0.3, -0.25) is 4.90 Å². The molecule has 0 bridgehead atoms. The zero-order valence-corrected chi connectivity index (χ0v) is 13.1. The second-order valence-electron chi connectivity index (χ2n) is 5.02. The van der Waals surface area contributed by atoms with Crippen LogP contribution in [0.15, 0.2) is 28.2 Å². The number of hydrogen-bond acceptors (Lipinski definition) is 3. The van der Waals surface area contributed by atoms with Gasteiger partial charge in [-0.15, -0.1) is 0 Å². The first-order valence-electron chi connectivity index (χ1n) is 7.13. The molecule has 1 aromatic carbocycles. The molecule has 0 saturated carbocycles. The van der Waals surface area contributed by atoms with Gasteiger partial charge in [0.25, 0.3) is 0 Å². The van der Waals surface area contributed by atoms with Crippen molar-refractivity contribution in [2.24, 2.45) is 27.2 Å². The number of nitrogens with two attached hydrogens (primary N) is 3. The smallest absolute Gasteiger partial charge is 0.223 e. The minimum absolute atomic E-state index is 0.0289. The molecule has 0 atom stereocenters. The van der Waals surface area contributed by atoms with Crippen molar-refractivity contribution in [2.45, 2.75) is 12.8 Å². The van der Waals surface area contributed by atoms with E-state index in [-0.39, 0.29) is 11.9 Å². The minimum atomic E-state index is -0.144. The molecule has 22 heavy (non-hydrogen) atoms. The van der Waals surface area contributed by atoms with Crippen molar-refractivity contribution in [3.63, 3.8) is 0 Å². The van der Waals surface area contributed by atoms with E-state index < -0.39 is 0 Å². The van der Waals surface area contributed by atoms with Gasteiger partial charge in [0.1, 0.15) is 12.4 Å². The Labute approximate surface area is 134 Å². The monoisotopic (exact) mass is 324 g/mol. The van der Waals surface area contributed by atoms with Crippen LogP contribution in [-0.2, 0) is 0 Å². The summed E-state index contributed by atoms with van der Waals surface area (Å²) in [6.07, 6.45) is 2.54. The first-order chi connectivity index (χ1) is 10.5. The van der Waals surface area contributed by atoms with Crippen molar-refractivity contribution < 1.29 is 4.74 Å². The lowest BCUT2D eigenvalue weighted by atomic mass is 10.3. The highest BCUT2D eigenvalue weighted by Crippen LogP contribution is 2.29. The van der Waals surface area contributed by atoms with Crippen LogP contribution in [0.2, 0.25) is 5.02 Å². The summed E-state index contributed by atoms with van der Waals surface area (Å²) in [6, 6.07) is 5.15. The molecular formula is C14H21ClN6O. The number of ether oxygens (including phenoxy) is 1. The van der Waals surface area contributed by atoms with Crippen molar-refractivity contribution in [2.75, 3.05) is 26.2 Å². The number of aliphatic imine (C=N–C) groups is 2. The Balaban J connectivity index is 1.92. The van der Waals surface area contributed by atoms with Crippen LogP contribution in [0.3, 0.4) is 0 Å². The Bertz CT molecular complexity index is 564. The van der Waals surface area contributed by atoms with Gasteiger partial charge in [-0.25, -0.2) is 4.99 Å². The average molecular weight is 325 g/mol. The molecule has 120 valence electrons. The molecule has 1 fully saturated rings. The van der Waals surface area contributed by atoms with Crippen molar-refractivity contribution in [1.82, 2.24) is 4.90 Å². The summed E-state index contributed by atoms with van der Waals surface area (Å²) < 4.78 is 5.70. The van der Waals surface area contributed by atoms with Crippen molar-refractivity contribution >= 4 is 29.2 Å². The minimum Gasteiger partial charge on any atom is -0.491 e. The van der Waals surface area contributed by atoms with E-state index >= 15 is 0 Å². The lowest BCUT2D eigenvalue weighted by molar-refractivity contribution is 0.238. The van der Waals surface area contributed by atoms with Crippen LogP contribution in [0.4, 0.5) is 5.69 Å². The second kappa shape index (κ2) is 7.86. The predicted octanol–water partition coefficient (Wildman–Crippen LogP) is 1.03. The standard InChI is InChI=1S/C14H21ClN6O/c15-11-9-10(19-14(18)20-13(16)17)3-4-12(11)22-8-7-21-5-1-2-6-21/h3-4,9H,1-2,5-8H2,(H6,16,17,18,19,20). The molecule has 0 radical (unpaired) electrons. The fourth-order valence-electron chi connectivity index (χ4n) is 2.26.